The van der Waals surface area contributed by atoms with Gasteiger partial charge in [-0.15, -0.1) is 0 Å². The molecule has 1 aromatic carbocycles. The van der Waals surface area contributed by atoms with Crippen molar-refractivity contribution in [3.63, 3.8) is 0 Å². The molecule has 0 atom stereocenters. The van der Waals surface area contributed by atoms with E-state index in [0.29, 0.717) is 12.2 Å². The minimum atomic E-state index is 0.180. The molecule has 0 aromatic heterocycles. The normalized spacial score (nSPS) is 10.8. The van der Waals surface area contributed by atoms with Gasteiger partial charge in [0.1, 0.15) is 5.78 Å². The highest BCUT2D eigenvalue weighted by atomic mass is 16.1. The van der Waals surface area contributed by atoms with Gasteiger partial charge >= 0.3 is 0 Å². The summed E-state index contributed by atoms with van der Waals surface area (Å²) in [5.41, 5.74) is 3.98. The molecule has 88 valence electrons. The van der Waals surface area contributed by atoms with E-state index < -0.39 is 0 Å². The van der Waals surface area contributed by atoms with Crippen LogP contribution < -0.4 is 0 Å². The number of benzene rings is 1. The van der Waals surface area contributed by atoms with Crippen LogP contribution in [0.5, 0.6) is 0 Å². The van der Waals surface area contributed by atoms with Crippen LogP contribution >= 0.6 is 0 Å². The highest BCUT2D eigenvalue weighted by Gasteiger charge is 2.06. The molecule has 0 aliphatic rings. The fourth-order valence-corrected chi connectivity index (χ4v) is 1.97. The quantitative estimate of drug-likeness (QED) is 0.733. The van der Waals surface area contributed by atoms with Gasteiger partial charge in [0.05, 0.1) is 0 Å². The predicted octanol–water partition coefficient (Wildman–Crippen LogP) is 3.85. The Hall–Kier alpha value is -1.11. The van der Waals surface area contributed by atoms with Gasteiger partial charge in [-0.2, -0.15) is 0 Å². The van der Waals surface area contributed by atoms with Gasteiger partial charge in [0.2, 0.25) is 0 Å². The first-order valence-electron chi connectivity index (χ1n) is 6.09. The van der Waals surface area contributed by atoms with Gasteiger partial charge < -0.3 is 0 Å². The Bertz CT molecular complexity index is 343. The molecule has 0 aliphatic heterocycles. The summed E-state index contributed by atoms with van der Waals surface area (Å²) < 4.78 is 0. The highest BCUT2D eigenvalue weighted by molar-refractivity contribution is 5.80. The lowest BCUT2D eigenvalue weighted by molar-refractivity contribution is -0.121. The van der Waals surface area contributed by atoms with E-state index in [2.05, 4.69) is 32.0 Å². The maximum Gasteiger partial charge on any atom is 0.135 e. The van der Waals surface area contributed by atoms with E-state index in [0.717, 1.165) is 12.8 Å². The van der Waals surface area contributed by atoms with Crippen LogP contribution in [0.25, 0.3) is 0 Å². The average molecular weight is 218 g/mol. The maximum absolute atomic E-state index is 11.5. The Balaban J connectivity index is 2.46. The van der Waals surface area contributed by atoms with Gasteiger partial charge in [0, 0.05) is 12.3 Å². The van der Waals surface area contributed by atoms with Crippen molar-refractivity contribution in [2.24, 2.45) is 5.92 Å². The molecular weight excluding hydrogens is 196 g/mol. The van der Waals surface area contributed by atoms with Crippen LogP contribution in [0.4, 0.5) is 0 Å². The number of carbonyl (C=O) groups excluding carboxylic acids is 1. The van der Waals surface area contributed by atoms with E-state index >= 15 is 0 Å². The standard InChI is InChI=1S/C15H22O/c1-11(2)15(16)7-5-6-14-9-12(3)8-13(4)10-14/h8-11H,5-7H2,1-4H3. The van der Waals surface area contributed by atoms with E-state index in [1.165, 1.54) is 16.7 Å². The van der Waals surface area contributed by atoms with Crippen LogP contribution in [0.1, 0.15) is 43.4 Å². The molecule has 0 unspecified atom stereocenters. The number of carbonyl (C=O) groups is 1. The van der Waals surface area contributed by atoms with Crippen molar-refractivity contribution < 1.29 is 4.79 Å². The topological polar surface area (TPSA) is 17.1 Å². The average Bonchev–Trinajstić information content (AvgIpc) is 2.15. The Kier molecular flexibility index (Phi) is 4.72. The molecule has 0 spiro atoms. The molecule has 0 saturated heterocycles. The summed E-state index contributed by atoms with van der Waals surface area (Å²) in [5, 5.41) is 0. The van der Waals surface area contributed by atoms with Crippen molar-refractivity contribution in [2.45, 2.75) is 47.0 Å². The van der Waals surface area contributed by atoms with Crippen LogP contribution in [-0.4, -0.2) is 5.78 Å². The summed E-state index contributed by atoms with van der Waals surface area (Å²) in [6, 6.07) is 6.61. The fraction of sp³-hybridized carbons (Fsp3) is 0.533. The number of Topliss-reactive ketones (excluding diaryl/α,β-unsaturated/α-hetero) is 1. The van der Waals surface area contributed by atoms with Crippen molar-refractivity contribution in [2.75, 3.05) is 0 Å². The molecule has 0 amide bonds. The number of aryl methyl sites for hydroxylation is 3. The Labute approximate surface area is 98.9 Å². The molecule has 0 radical (unpaired) electrons. The fourth-order valence-electron chi connectivity index (χ4n) is 1.97. The van der Waals surface area contributed by atoms with Crippen molar-refractivity contribution in [1.29, 1.82) is 0 Å². The summed E-state index contributed by atoms with van der Waals surface area (Å²) in [5.74, 6) is 0.559. The lowest BCUT2D eigenvalue weighted by Crippen LogP contribution is -2.06. The van der Waals surface area contributed by atoms with Crippen molar-refractivity contribution in [1.82, 2.24) is 0 Å². The number of hydrogen-bond donors (Lipinski definition) is 0. The van der Waals surface area contributed by atoms with E-state index in [1.807, 2.05) is 13.8 Å². The Morgan fingerprint density at radius 3 is 2.19 bits per heavy atom. The van der Waals surface area contributed by atoms with Gasteiger partial charge in [-0.05, 0) is 32.3 Å². The molecule has 1 aromatic rings. The van der Waals surface area contributed by atoms with Gasteiger partial charge in [0.15, 0.2) is 0 Å². The molecule has 0 bridgehead atoms. The lowest BCUT2D eigenvalue weighted by Gasteiger charge is -2.06. The molecule has 0 N–H and O–H groups in total. The van der Waals surface area contributed by atoms with Crippen molar-refractivity contribution >= 4 is 5.78 Å². The molecule has 1 nitrogen and oxygen atoms in total. The summed E-state index contributed by atoms with van der Waals surface area (Å²) in [6.45, 7) is 8.18. The first-order chi connectivity index (χ1) is 7.49. The summed E-state index contributed by atoms with van der Waals surface area (Å²) in [4.78, 5) is 11.5. The van der Waals surface area contributed by atoms with Gasteiger partial charge in [0.25, 0.3) is 0 Å². The molecular formula is C15H22O. The first-order valence-corrected chi connectivity index (χ1v) is 6.09. The van der Waals surface area contributed by atoms with Crippen molar-refractivity contribution in [3.8, 4) is 0 Å². The van der Waals surface area contributed by atoms with Crippen molar-refractivity contribution in [3.05, 3.63) is 34.9 Å². The monoisotopic (exact) mass is 218 g/mol. The molecule has 0 heterocycles. The van der Waals surface area contributed by atoms with Gasteiger partial charge in [-0.3, -0.25) is 4.79 Å². The van der Waals surface area contributed by atoms with Crippen LogP contribution in [0.3, 0.4) is 0 Å². The zero-order valence-electron chi connectivity index (χ0n) is 10.8. The third-order valence-electron chi connectivity index (χ3n) is 2.81. The molecule has 0 aliphatic carbocycles. The lowest BCUT2D eigenvalue weighted by atomic mass is 9.99. The highest BCUT2D eigenvalue weighted by Crippen LogP contribution is 2.12. The van der Waals surface area contributed by atoms with E-state index in [-0.39, 0.29) is 5.92 Å². The second kappa shape index (κ2) is 5.83. The van der Waals surface area contributed by atoms with Crippen LogP contribution in [0.15, 0.2) is 18.2 Å². The largest absolute Gasteiger partial charge is 0.299 e. The van der Waals surface area contributed by atoms with Gasteiger partial charge in [-0.25, -0.2) is 0 Å². The SMILES string of the molecule is Cc1cc(C)cc(CCCC(=O)C(C)C)c1. The second-order valence-corrected chi connectivity index (χ2v) is 4.97. The van der Waals surface area contributed by atoms with E-state index in [4.69, 9.17) is 0 Å². The van der Waals surface area contributed by atoms with Gasteiger partial charge in [-0.1, -0.05) is 43.2 Å². The van der Waals surface area contributed by atoms with Crippen LogP contribution in [0.2, 0.25) is 0 Å². The van der Waals surface area contributed by atoms with Crippen LogP contribution in [-0.2, 0) is 11.2 Å². The first kappa shape index (κ1) is 13.0. The third-order valence-corrected chi connectivity index (χ3v) is 2.81. The minimum Gasteiger partial charge on any atom is -0.299 e. The van der Waals surface area contributed by atoms with Crippen LogP contribution in [0, 0.1) is 19.8 Å². The number of hydrogen-bond acceptors (Lipinski definition) is 1. The molecule has 0 saturated carbocycles. The summed E-state index contributed by atoms with van der Waals surface area (Å²) >= 11 is 0. The Morgan fingerprint density at radius 2 is 1.69 bits per heavy atom. The zero-order chi connectivity index (χ0) is 12.1. The predicted molar refractivity (Wildman–Crippen MR) is 68.7 cm³/mol. The summed E-state index contributed by atoms with van der Waals surface area (Å²) in [7, 11) is 0. The number of rotatable bonds is 5. The van der Waals surface area contributed by atoms with E-state index in [1.54, 1.807) is 0 Å². The Morgan fingerprint density at radius 1 is 1.12 bits per heavy atom. The minimum absolute atomic E-state index is 0.180. The van der Waals surface area contributed by atoms with E-state index in [9.17, 15) is 4.79 Å². The summed E-state index contributed by atoms with van der Waals surface area (Å²) in [6.07, 6.45) is 2.70. The molecule has 0 fully saturated rings. The maximum atomic E-state index is 11.5. The second-order valence-electron chi connectivity index (χ2n) is 4.97. The molecule has 1 heteroatoms. The molecule has 16 heavy (non-hydrogen) atoms. The molecule has 1 rings (SSSR count). The smallest absolute Gasteiger partial charge is 0.135 e. The third kappa shape index (κ3) is 4.18. The zero-order valence-corrected chi connectivity index (χ0v) is 10.8. The number of ketones is 1.